The number of esters is 1. The number of aromatic nitrogens is 2. The van der Waals surface area contributed by atoms with Gasteiger partial charge in [-0.1, -0.05) is 109 Å². The van der Waals surface area contributed by atoms with E-state index < -0.39 is 5.82 Å². The first-order chi connectivity index (χ1) is 18.5. The number of halogens is 1. The van der Waals surface area contributed by atoms with Crippen molar-refractivity contribution in [1.82, 2.24) is 9.97 Å². The number of carbonyl (C=O) groups excluding carboxylic acids is 1. The molecule has 0 aliphatic heterocycles. The van der Waals surface area contributed by atoms with Crippen molar-refractivity contribution in [3.05, 3.63) is 66.2 Å². The lowest BCUT2D eigenvalue weighted by Gasteiger charge is -2.12. The third kappa shape index (κ3) is 9.34. The number of hydrogen-bond donors (Lipinski definition) is 0. The fourth-order valence-electron chi connectivity index (χ4n) is 4.52. The molecule has 2 aromatic carbocycles. The maximum Gasteiger partial charge on any atom is 0.314 e. The van der Waals surface area contributed by atoms with Crippen molar-refractivity contribution in [3.63, 3.8) is 0 Å². The van der Waals surface area contributed by atoms with Gasteiger partial charge in [-0.3, -0.25) is 4.79 Å². The van der Waals surface area contributed by atoms with Gasteiger partial charge in [0.2, 0.25) is 0 Å². The van der Waals surface area contributed by atoms with Crippen molar-refractivity contribution in [2.75, 3.05) is 0 Å². The van der Waals surface area contributed by atoms with E-state index in [9.17, 15) is 9.18 Å². The minimum atomic E-state index is -0.541. The Morgan fingerprint density at radius 1 is 0.789 bits per heavy atom. The molecule has 3 rings (SSSR count). The molecule has 38 heavy (non-hydrogen) atoms. The Hall–Kier alpha value is -3.08. The Morgan fingerprint density at radius 2 is 1.37 bits per heavy atom. The maximum absolute atomic E-state index is 14.7. The molecule has 0 saturated heterocycles. The van der Waals surface area contributed by atoms with Crippen molar-refractivity contribution >= 4 is 5.97 Å². The van der Waals surface area contributed by atoms with Gasteiger partial charge in [0.1, 0.15) is 0 Å². The van der Waals surface area contributed by atoms with Crippen LogP contribution in [-0.4, -0.2) is 15.9 Å². The van der Waals surface area contributed by atoms with Gasteiger partial charge in [-0.15, -0.1) is 0 Å². The summed E-state index contributed by atoms with van der Waals surface area (Å²) in [4.78, 5) is 21.4. The molecular weight excluding hydrogens is 475 g/mol. The van der Waals surface area contributed by atoms with Gasteiger partial charge in [0.05, 0.1) is 5.92 Å². The molecule has 4 nitrogen and oxygen atoms in total. The van der Waals surface area contributed by atoms with E-state index in [0.29, 0.717) is 5.82 Å². The first-order valence-electron chi connectivity index (χ1n) is 14.4. The van der Waals surface area contributed by atoms with Crippen LogP contribution in [0.4, 0.5) is 4.39 Å². The lowest BCUT2D eigenvalue weighted by atomic mass is 10.0. The number of nitrogens with zero attached hydrogens (tertiary/aromatic N) is 2. The van der Waals surface area contributed by atoms with Crippen molar-refractivity contribution in [1.29, 1.82) is 0 Å². The van der Waals surface area contributed by atoms with Crippen LogP contribution in [0.5, 0.6) is 5.75 Å². The molecule has 0 fully saturated rings. The van der Waals surface area contributed by atoms with E-state index in [1.165, 1.54) is 62.6 Å². The van der Waals surface area contributed by atoms with E-state index in [1.807, 2.05) is 43.6 Å². The lowest BCUT2D eigenvalue weighted by molar-refractivity contribution is -0.138. The van der Waals surface area contributed by atoms with E-state index in [4.69, 9.17) is 4.74 Å². The quantitative estimate of drug-likeness (QED) is 0.108. The lowest BCUT2D eigenvalue weighted by Crippen LogP contribution is -2.18. The highest BCUT2D eigenvalue weighted by atomic mass is 19.1. The van der Waals surface area contributed by atoms with Gasteiger partial charge >= 0.3 is 5.97 Å². The molecule has 5 heteroatoms. The summed E-state index contributed by atoms with van der Waals surface area (Å²) in [5, 5.41) is 0. The topological polar surface area (TPSA) is 52.1 Å². The summed E-state index contributed by atoms with van der Waals surface area (Å²) in [5.41, 5.74) is 3.68. The van der Waals surface area contributed by atoms with E-state index in [1.54, 1.807) is 6.07 Å². The number of carbonyl (C=O) groups is 1. The molecule has 1 atom stereocenters. The summed E-state index contributed by atoms with van der Waals surface area (Å²) in [5.74, 6) is -0.514. The van der Waals surface area contributed by atoms with Crippen LogP contribution >= 0.6 is 0 Å². The minimum absolute atomic E-state index is 0.0253. The molecule has 1 aromatic heterocycles. The fourth-order valence-corrected chi connectivity index (χ4v) is 4.52. The number of hydrogen-bond acceptors (Lipinski definition) is 4. The second kappa shape index (κ2) is 16.0. The summed E-state index contributed by atoms with van der Waals surface area (Å²) in [7, 11) is 0. The van der Waals surface area contributed by atoms with Crippen LogP contribution in [0.2, 0.25) is 0 Å². The number of rotatable bonds is 16. The van der Waals surface area contributed by atoms with Gasteiger partial charge in [-0.25, -0.2) is 14.4 Å². The van der Waals surface area contributed by atoms with E-state index in [2.05, 4.69) is 23.8 Å². The second-order valence-electron chi connectivity index (χ2n) is 10.3. The Balaban J connectivity index is 1.53. The molecule has 0 radical (unpaired) electrons. The van der Waals surface area contributed by atoms with E-state index in [-0.39, 0.29) is 17.6 Å². The minimum Gasteiger partial charge on any atom is -0.423 e. The van der Waals surface area contributed by atoms with Crippen LogP contribution in [0.15, 0.2) is 54.9 Å². The van der Waals surface area contributed by atoms with Gasteiger partial charge in [0.15, 0.2) is 17.4 Å². The predicted octanol–water partition coefficient (Wildman–Crippen LogP) is 9.36. The second-order valence-corrected chi connectivity index (χ2v) is 10.3. The third-order valence-corrected chi connectivity index (χ3v) is 7.04. The zero-order valence-electron chi connectivity index (χ0n) is 23.3. The number of aryl methyl sites for hydroxylation is 1. The number of benzene rings is 2. The van der Waals surface area contributed by atoms with Gasteiger partial charge < -0.3 is 4.74 Å². The molecule has 0 saturated carbocycles. The summed E-state index contributed by atoms with van der Waals surface area (Å²) < 4.78 is 20.1. The zero-order valence-corrected chi connectivity index (χ0v) is 23.3. The van der Waals surface area contributed by atoms with Crippen molar-refractivity contribution < 1.29 is 13.9 Å². The van der Waals surface area contributed by atoms with Crippen molar-refractivity contribution in [2.45, 2.75) is 97.8 Å². The van der Waals surface area contributed by atoms with Crippen LogP contribution < -0.4 is 4.74 Å². The highest BCUT2D eigenvalue weighted by molar-refractivity contribution is 5.75. The van der Waals surface area contributed by atoms with Crippen LogP contribution in [0.3, 0.4) is 0 Å². The highest BCUT2D eigenvalue weighted by Gasteiger charge is 2.17. The molecule has 0 aliphatic carbocycles. The standard InChI is InChI=1S/C33H43FN2O2/c1-4-6-8-9-10-11-13-15-26-23-35-32(36-24-26)28-18-16-27(17-19-28)29-20-21-31(30(34)22-29)38-33(37)25(3)14-12-7-5-2/h16-25H,4-15H2,1-3H3. The van der Waals surface area contributed by atoms with Crippen molar-refractivity contribution in [3.8, 4) is 28.3 Å². The molecule has 0 amide bonds. The maximum atomic E-state index is 14.7. The first kappa shape index (κ1) is 29.5. The van der Waals surface area contributed by atoms with Gasteiger partial charge in [-0.2, -0.15) is 0 Å². The third-order valence-electron chi connectivity index (χ3n) is 7.04. The number of unbranched alkanes of at least 4 members (excludes halogenated alkanes) is 8. The summed E-state index contributed by atoms with van der Waals surface area (Å²) in [6.45, 7) is 6.20. The normalized spacial score (nSPS) is 11.9. The Morgan fingerprint density at radius 3 is 2.03 bits per heavy atom. The van der Waals surface area contributed by atoms with Gasteiger partial charge in [-0.05, 0) is 48.1 Å². The Kier molecular flexibility index (Phi) is 12.4. The van der Waals surface area contributed by atoms with Gasteiger partial charge in [0.25, 0.3) is 0 Å². The predicted molar refractivity (Wildman–Crippen MR) is 153 cm³/mol. The van der Waals surface area contributed by atoms with Gasteiger partial charge in [0, 0.05) is 18.0 Å². The Labute approximate surface area is 228 Å². The van der Waals surface area contributed by atoms with Crippen LogP contribution in [0.25, 0.3) is 22.5 Å². The molecule has 0 aliphatic rings. The average molecular weight is 519 g/mol. The Bertz CT molecular complexity index is 1110. The first-order valence-corrected chi connectivity index (χ1v) is 14.4. The molecular formula is C33H43FN2O2. The molecule has 0 N–H and O–H groups in total. The summed E-state index contributed by atoms with van der Waals surface area (Å²) in [6.07, 6.45) is 17.8. The monoisotopic (exact) mass is 518 g/mol. The zero-order chi connectivity index (χ0) is 27.2. The molecule has 0 spiro atoms. The summed E-state index contributed by atoms with van der Waals surface area (Å²) in [6, 6.07) is 12.5. The largest absolute Gasteiger partial charge is 0.423 e. The smallest absolute Gasteiger partial charge is 0.314 e. The van der Waals surface area contributed by atoms with E-state index in [0.717, 1.165) is 48.8 Å². The molecule has 1 unspecified atom stereocenters. The highest BCUT2D eigenvalue weighted by Crippen LogP contribution is 2.28. The molecule has 3 aromatic rings. The average Bonchev–Trinajstić information content (AvgIpc) is 2.94. The van der Waals surface area contributed by atoms with E-state index >= 15 is 0 Å². The van der Waals surface area contributed by atoms with Crippen LogP contribution in [0, 0.1) is 11.7 Å². The molecule has 204 valence electrons. The number of ether oxygens (including phenoxy) is 1. The fraction of sp³-hybridized carbons (Fsp3) is 0.485. The molecule has 1 heterocycles. The SMILES string of the molecule is CCCCCCCCCc1cnc(-c2ccc(-c3ccc(OC(=O)C(C)CCCCC)c(F)c3)cc2)nc1. The van der Waals surface area contributed by atoms with Crippen LogP contribution in [-0.2, 0) is 11.2 Å². The molecule has 0 bridgehead atoms. The van der Waals surface area contributed by atoms with Crippen molar-refractivity contribution in [2.24, 2.45) is 5.92 Å². The van der Waals surface area contributed by atoms with Crippen LogP contribution in [0.1, 0.15) is 97.0 Å². The summed E-state index contributed by atoms with van der Waals surface area (Å²) >= 11 is 0.